The van der Waals surface area contributed by atoms with Gasteiger partial charge in [-0.1, -0.05) is 0 Å². The van der Waals surface area contributed by atoms with Gasteiger partial charge in [0.2, 0.25) is 11.8 Å². The molecule has 0 radical (unpaired) electrons. The summed E-state index contributed by atoms with van der Waals surface area (Å²) < 4.78 is 43.6. The molecule has 0 saturated heterocycles. The quantitative estimate of drug-likeness (QED) is 0.863. The Morgan fingerprint density at radius 3 is 2.33 bits per heavy atom. The normalized spacial score (nSPS) is 11.3. The third-order valence-corrected chi connectivity index (χ3v) is 3.24. The van der Waals surface area contributed by atoms with Crippen LogP contribution in [0.2, 0.25) is 0 Å². The number of nitrogens with one attached hydrogen (secondary N) is 1. The van der Waals surface area contributed by atoms with E-state index in [0.29, 0.717) is 5.75 Å². The first-order valence-electron chi connectivity index (χ1n) is 5.88. The fourth-order valence-corrected chi connectivity index (χ4v) is 1.91. The fraction of sp³-hybridized carbons (Fsp3) is 0.231. The summed E-state index contributed by atoms with van der Waals surface area (Å²) in [5.41, 5.74) is -1.06. The van der Waals surface area contributed by atoms with Gasteiger partial charge in [0.05, 0.1) is 0 Å². The summed E-state index contributed by atoms with van der Waals surface area (Å²) in [5, 5.41) is 2.48. The third kappa shape index (κ3) is 4.01. The summed E-state index contributed by atoms with van der Waals surface area (Å²) >= 11 is 1.56. The molecular weight excluding hydrogens is 303 g/mol. The summed E-state index contributed by atoms with van der Waals surface area (Å²) in [6.45, 7) is 0. The maximum Gasteiger partial charge on any atom is 0.433 e. The molecule has 0 spiro atoms. The van der Waals surface area contributed by atoms with Gasteiger partial charge in [-0.15, -0.1) is 11.8 Å². The molecule has 4 nitrogen and oxygen atoms in total. The number of nitrogens with zero attached hydrogens (tertiary/aromatic N) is 2. The molecule has 2 aromatic rings. The van der Waals surface area contributed by atoms with Gasteiger partial charge in [-0.3, -0.25) is 0 Å². The van der Waals surface area contributed by atoms with Crippen LogP contribution in [-0.4, -0.2) is 23.3 Å². The van der Waals surface area contributed by atoms with Crippen molar-refractivity contribution in [1.82, 2.24) is 9.97 Å². The first-order chi connectivity index (χ1) is 9.92. The summed E-state index contributed by atoms with van der Waals surface area (Å²) in [6, 6.07) is 7.72. The second-order valence-corrected chi connectivity index (χ2v) is 4.82. The lowest BCUT2D eigenvalue weighted by Gasteiger charge is -2.11. The van der Waals surface area contributed by atoms with E-state index < -0.39 is 11.9 Å². The summed E-state index contributed by atoms with van der Waals surface area (Å²) in [6.07, 6.45) is -2.63. The molecule has 1 aromatic carbocycles. The van der Waals surface area contributed by atoms with Crippen molar-refractivity contribution < 1.29 is 17.9 Å². The van der Waals surface area contributed by atoms with E-state index in [0.717, 1.165) is 11.0 Å². The van der Waals surface area contributed by atoms with Gasteiger partial charge in [0.15, 0.2) is 5.69 Å². The number of aromatic nitrogens is 2. The van der Waals surface area contributed by atoms with Crippen LogP contribution in [0, 0.1) is 0 Å². The molecule has 112 valence electrons. The van der Waals surface area contributed by atoms with Crippen LogP contribution in [0.5, 0.6) is 11.6 Å². The fourth-order valence-electron chi connectivity index (χ4n) is 1.50. The Kier molecular flexibility index (Phi) is 4.56. The monoisotopic (exact) mass is 315 g/mol. The molecule has 0 aliphatic rings. The van der Waals surface area contributed by atoms with Crippen LogP contribution in [0.15, 0.2) is 35.2 Å². The van der Waals surface area contributed by atoms with Crippen LogP contribution in [0.1, 0.15) is 5.69 Å². The number of hydrogen-bond donors (Lipinski definition) is 1. The van der Waals surface area contributed by atoms with Gasteiger partial charge in [0.25, 0.3) is 0 Å². The second kappa shape index (κ2) is 6.21. The van der Waals surface area contributed by atoms with Crippen LogP contribution >= 0.6 is 11.8 Å². The molecule has 0 atom stereocenters. The van der Waals surface area contributed by atoms with Crippen molar-refractivity contribution in [2.45, 2.75) is 11.1 Å². The molecule has 1 aromatic heterocycles. The van der Waals surface area contributed by atoms with E-state index in [1.807, 2.05) is 18.4 Å². The number of halogens is 3. The average Bonchev–Trinajstić information content (AvgIpc) is 2.46. The van der Waals surface area contributed by atoms with E-state index in [4.69, 9.17) is 4.74 Å². The maximum atomic E-state index is 12.7. The second-order valence-electron chi connectivity index (χ2n) is 3.94. The van der Waals surface area contributed by atoms with Crippen LogP contribution in [-0.2, 0) is 6.18 Å². The highest BCUT2D eigenvalue weighted by Crippen LogP contribution is 2.31. The highest BCUT2D eigenvalue weighted by atomic mass is 32.2. The van der Waals surface area contributed by atoms with Crippen molar-refractivity contribution in [2.24, 2.45) is 0 Å². The maximum absolute atomic E-state index is 12.7. The third-order valence-electron chi connectivity index (χ3n) is 2.50. The van der Waals surface area contributed by atoms with E-state index in [2.05, 4.69) is 15.3 Å². The van der Waals surface area contributed by atoms with Gasteiger partial charge in [-0.2, -0.15) is 18.2 Å². The molecule has 1 N–H and O–H groups in total. The molecule has 0 bridgehead atoms. The van der Waals surface area contributed by atoms with Crippen molar-refractivity contribution in [2.75, 3.05) is 18.6 Å². The van der Waals surface area contributed by atoms with Crippen molar-refractivity contribution in [1.29, 1.82) is 0 Å². The molecule has 21 heavy (non-hydrogen) atoms. The zero-order valence-electron chi connectivity index (χ0n) is 11.2. The number of thioether (sulfide) groups is 1. The number of anilines is 1. The van der Waals surface area contributed by atoms with E-state index in [-0.39, 0.29) is 11.8 Å². The van der Waals surface area contributed by atoms with Crippen LogP contribution in [0.4, 0.5) is 19.1 Å². The lowest BCUT2D eigenvalue weighted by molar-refractivity contribution is -0.141. The van der Waals surface area contributed by atoms with Gasteiger partial charge in [-0.25, -0.2) is 4.98 Å². The SMILES string of the molecule is CNc1nc(Oc2ccc(SC)cc2)cc(C(F)(F)F)n1. The van der Waals surface area contributed by atoms with Crippen molar-refractivity contribution >= 4 is 17.7 Å². The topological polar surface area (TPSA) is 47.0 Å². The zero-order valence-corrected chi connectivity index (χ0v) is 12.0. The molecule has 0 unspecified atom stereocenters. The summed E-state index contributed by atoms with van der Waals surface area (Å²) in [4.78, 5) is 8.24. The first-order valence-corrected chi connectivity index (χ1v) is 7.11. The molecule has 0 aliphatic carbocycles. The highest BCUT2D eigenvalue weighted by Gasteiger charge is 2.34. The Balaban J connectivity index is 2.29. The Bertz CT molecular complexity index is 617. The number of benzene rings is 1. The van der Waals surface area contributed by atoms with Gasteiger partial charge < -0.3 is 10.1 Å². The van der Waals surface area contributed by atoms with Gasteiger partial charge in [-0.05, 0) is 30.5 Å². The number of hydrogen-bond acceptors (Lipinski definition) is 5. The number of alkyl halides is 3. The molecule has 1 heterocycles. The highest BCUT2D eigenvalue weighted by molar-refractivity contribution is 7.98. The Hall–Kier alpha value is -1.96. The molecule has 2 rings (SSSR count). The standard InChI is InChI=1S/C13H12F3N3OS/c1-17-12-18-10(13(14,15)16)7-11(19-12)20-8-3-5-9(21-2)6-4-8/h3-7H,1-2H3,(H,17,18,19). The lowest BCUT2D eigenvalue weighted by Crippen LogP contribution is -2.11. The van der Waals surface area contributed by atoms with Crippen molar-refractivity contribution in [3.63, 3.8) is 0 Å². The summed E-state index contributed by atoms with van der Waals surface area (Å²) in [7, 11) is 1.44. The Morgan fingerprint density at radius 2 is 1.81 bits per heavy atom. The predicted molar refractivity (Wildman–Crippen MR) is 74.9 cm³/mol. The predicted octanol–water partition coefficient (Wildman–Crippen LogP) is 4.05. The zero-order chi connectivity index (χ0) is 15.5. The van der Waals surface area contributed by atoms with Crippen molar-refractivity contribution in [3.05, 3.63) is 36.0 Å². The number of ether oxygens (including phenoxy) is 1. The first kappa shape index (κ1) is 15.4. The number of rotatable bonds is 4. The van der Waals surface area contributed by atoms with Gasteiger partial charge >= 0.3 is 6.18 Å². The molecule has 0 saturated carbocycles. The van der Waals surface area contributed by atoms with Gasteiger partial charge in [0, 0.05) is 18.0 Å². The molecule has 0 aliphatic heterocycles. The molecule has 0 amide bonds. The molecular formula is C13H12F3N3OS. The van der Waals surface area contributed by atoms with Crippen LogP contribution < -0.4 is 10.1 Å². The minimum absolute atomic E-state index is 0.152. The van der Waals surface area contributed by atoms with E-state index in [9.17, 15) is 13.2 Å². The Labute approximate surface area is 123 Å². The van der Waals surface area contributed by atoms with Gasteiger partial charge in [0.1, 0.15) is 5.75 Å². The van der Waals surface area contributed by atoms with E-state index in [1.54, 1.807) is 23.9 Å². The lowest BCUT2D eigenvalue weighted by atomic mass is 10.3. The van der Waals surface area contributed by atoms with Crippen molar-refractivity contribution in [3.8, 4) is 11.6 Å². The average molecular weight is 315 g/mol. The van der Waals surface area contributed by atoms with Crippen LogP contribution in [0.3, 0.4) is 0 Å². The Morgan fingerprint density at radius 1 is 1.14 bits per heavy atom. The molecule has 8 heteroatoms. The summed E-state index contributed by atoms with van der Waals surface area (Å²) in [5.74, 6) is 0.0841. The van der Waals surface area contributed by atoms with E-state index >= 15 is 0 Å². The minimum atomic E-state index is -4.56. The molecule has 0 fully saturated rings. The largest absolute Gasteiger partial charge is 0.439 e. The van der Waals surface area contributed by atoms with Crippen LogP contribution in [0.25, 0.3) is 0 Å². The smallest absolute Gasteiger partial charge is 0.433 e. The minimum Gasteiger partial charge on any atom is -0.439 e. The van der Waals surface area contributed by atoms with E-state index in [1.165, 1.54) is 7.05 Å².